The smallest absolute Gasteiger partial charge is 0.146 e. The number of aliphatic hydroxyl groups excluding tert-OH is 1. The van der Waals surface area contributed by atoms with Crippen molar-refractivity contribution >= 4 is 38.3 Å². The summed E-state index contributed by atoms with van der Waals surface area (Å²) in [5.41, 5.74) is 0.760. The number of halogens is 2. The largest absolute Gasteiger partial charge is 0.456 e. The first-order chi connectivity index (χ1) is 10.2. The summed E-state index contributed by atoms with van der Waals surface area (Å²) in [7, 11) is 0. The van der Waals surface area contributed by atoms with Gasteiger partial charge in [0.25, 0.3) is 0 Å². The minimum atomic E-state index is -0.0369. The molecule has 0 bridgehead atoms. The average Bonchev–Trinajstić information content (AvgIpc) is 2.49. The quantitative estimate of drug-likeness (QED) is 0.662. The van der Waals surface area contributed by atoms with Gasteiger partial charge in [0, 0.05) is 4.47 Å². The molecule has 4 heteroatoms. The van der Waals surface area contributed by atoms with E-state index in [9.17, 15) is 0 Å². The number of hydrogen-bond donors (Lipinski definition) is 1. The predicted molar refractivity (Wildman–Crippen MR) is 89.1 cm³/mol. The van der Waals surface area contributed by atoms with E-state index in [0.29, 0.717) is 10.8 Å². The van der Waals surface area contributed by atoms with Crippen LogP contribution in [0, 0.1) is 0 Å². The number of ether oxygens (including phenoxy) is 1. The maximum atomic E-state index is 9.08. The summed E-state index contributed by atoms with van der Waals surface area (Å²) in [6.45, 7) is -0.0369. The van der Waals surface area contributed by atoms with Gasteiger partial charge in [0.2, 0.25) is 0 Å². The first-order valence-corrected chi connectivity index (χ1v) is 7.59. The molecule has 0 saturated heterocycles. The third-order valence-corrected chi connectivity index (χ3v) is 3.97. The third kappa shape index (κ3) is 3.21. The van der Waals surface area contributed by atoms with Crippen LogP contribution in [0.1, 0.15) is 5.56 Å². The van der Waals surface area contributed by atoms with E-state index < -0.39 is 0 Å². The zero-order valence-corrected chi connectivity index (χ0v) is 13.4. The van der Waals surface area contributed by atoms with Gasteiger partial charge in [-0.25, -0.2) is 0 Å². The molecule has 106 valence electrons. The Hall–Kier alpha value is -1.55. The van der Waals surface area contributed by atoms with E-state index in [2.05, 4.69) is 22.0 Å². The second-order valence-corrected chi connectivity index (χ2v) is 6.00. The monoisotopic (exact) mass is 362 g/mol. The molecule has 0 radical (unpaired) electrons. The molecule has 0 aliphatic heterocycles. The molecule has 0 unspecified atom stereocenters. The fourth-order valence-corrected chi connectivity index (χ4v) is 2.73. The summed E-state index contributed by atoms with van der Waals surface area (Å²) in [5.74, 6) is 1.30. The molecule has 3 aromatic rings. The molecule has 0 spiro atoms. The maximum Gasteiger partial charge on any atom is 0.146 e. The summed E-state index contributed by atoms with van der Waals surface area (Å²) in [6, 6.07) is 17.2. The fraction of sp³-hybridized carbons (Fsp3) is 0.0588. The van der Waals surface area contributed by atoms with E-state index in [1.807, 2.05) is 30.3 Å². The summed E-state index contributed by atoms with van der Waals surface area (Å²) < 4.78 is 6.87. The Labute approximate surface area is 136 Å². The number of hydrogen-bond acceptors (Lipinski definition) is 2. The summed E-state index contributed by atoms with van der Waals surface area (Å²) in [5, 5.41) is 11.8. The molecule has 0 aliphatic carbocycles. The third-order valence-electron chi connectivity index (χ3n) is 3.18. The fourth-order valence-electron chi connectivity index (χ4n) is 2.11. The highest BCUT2D eigenvalue weighted by Gasteiger charge is 2.05. The molecule has 0 aliphatic rings. The first-order valence-electron chi connectivity index (χ1n) is 6.42. The Morgan fingerprint density at radius 3 is 2.48 bits per heavy atom. The van der Waals surface area contributed by atoms with Crippen molar-refractivity contribution in [2.75, 3.05) is 0 Å². The average molecular weight is 364 g/mol. The van der Waals surface area contributed by atoms with Crippen LogP contribution >= 0.6 is 27.5 Å². The van der Waals surface area contributed by atoms with E-state index in [1.54, 1.807) is 18.2 Å². The van der Waals surface area contributed by atoms with E-state index in [0.717, 1.165) is 26.6 Å². The lowest BCUT2D eigenvalue weighted by Crippen LogP contribution is -1.88. The highest BCUT2D eigenvalue weighted by molar-refractivity contribution is 9.10. The zero-order chi connectivity index (χ0) is 14.8. The van der Waals surface area contributed by atoms with Crippen LogP contribution in [0.2, 0.25) is 5.02 Å². The summed E-state index contributed by atoms with van der Waals surface area (Å²) in [4.78, 5) is 0. The minimum absolute atomic E-state index is 0.0369. The van der Waals surface area contributed by atoms with Crippen LogP contribution in [0.4, 0.5) is 0 Å². The molecule has 0 fully saturated rings. The second-order valence-electron chi connectivity index (χ2n) is 4.68. The number of rotatable bonds is 3. The lowest BCUT2D eigenvalue weighted by atomic mass is 10.1. The van der Waals surface area contributed by atoms with Gasteiger partial charge in [-0.05, 0) is 52.7 Å². The SMILES string of the molecule is OCc1ccc(Oc2ccc3cc(Br)ccc3c2)c(Cl)c1. The van der Waals surface area contributed by atoms with E-state index >= 15 is 0 Å². The Bertz CT molecular complexity index is 802. The van der Waals surface area contributed by atoms with Crippen molar-refractivity contribution in [1.29, 1.82) is 0 Å². The number of aliphatic hydroxyl groups is 1. The molecule has 0 saturated carbocycles. The highest BCUT2D eigenvalue weighted by Crippen LogP contribution is 2.32. The van der Waals surface area contributed by atoms with Crippen molar-refractivity contribution in [2.24, 2.45) is 0 Å². The van der Waals surface area contributed by atoms with Crippen LogP contribution < -0.4 is 4.74 Å². The first kappa shape index (κ1) is 14.4. The van der Waals surface area contributed by atoms with Crippen LogP contribution in [0.3, 0.4) is 0 Å². The lowest BCUT2D eigenvalue weighted by Gasteiger charge is -2.09. The molecule has 0 heterocycles. The van der Waals surface area contributed by atoms with E-state index in [-0.39, 0.29) is 6.61 Å². The van der Waals surface area contributed by atoms with Crippen molar-refractivity contribution in [1.82, 2.24) is 0 Å². The van der Waals surface area contributed by atoms with Crippen molar-refractivity contribution in [3.63, 3.8) is 0 Å². The van der Waals surface area contributed by atoms with Crippen LogP contribution in [0.15, 0.2) is 59.1 Å². The van der Waals surface area contributed by atoms with Crippen molar-refractivity contribution in [2.45, 2.75) is 6.61 Å². The van der Waals surface area contributed by atoms with Gasteiger partial charge in [-0.1, -0.05) is 45.7 Å². The molecule has 0 atom stereocenters. The molecule has 2 nitrogen and oxygen atoms in total. The zero-order valence-electron chi connectivity index (χ0n) is 11.0. The van der Waals surface area contributed by atoms with E-state index in [4.69, 9.17) is 21.4 Å². The van der Waals surface area contributed by atoms with Gasteiger partial charge in [-0.3, -0.25) is 0 Å². The highest BCUT2D eigenvalue weighted by atomic mass is 79.9. The Morgan fingerprint density at radius 1 is 0.952 bits per heavy atom. The lowest BCUT2D eigenvalue weighted by molar-refractivity contribution is 0.281. The van der Waals surface area contributed by atoms with Gasteiger partial charge < -0.3 is 9.84 Å². The van der Waals surface area contributed by atoms with Gasteiger partial charge in [0.1, 0.15) is 11.5 Å². The number of fused-ring (bicyclic) bond motifs is 1. The second kappa shape index (κ2) is 6.06. The minimum Gasteiger partial charge on any atom is -0.456 e. The Balaban J connectivity index is 1.92. The molecule has 3 rings (SSSR count). The predicted octanol–water partition coefficient (Wildman–Crippen LogP) is 5.54. The topological polar surface area (TPSA) is 29.5 Å². The maximum absolute atomic E-state index is 9.08. The molecule has 1 N–H and O–H groups in total. The normalized spacial score (nSPS) is 10.8. The molecule has 3 aromatic carbocycles. The van der Waals surface area contributed by atoms with Gasteiger partial charge in [-0.2, -0.15) is 0 Å². The van der Waals surface area contributed by atoms with E-state index in [1.165, 1.54) is 0 Å². The Kier molecular flexibility index (Phi) is 4.15. The molecular weight excluding hydrogens is 352 g/mol. The molecular formula is C17H12BrClO2. The van der Waals surface area contributed by atoms with Crippen molar-refractivity contribution < 1.29 is 9.84 Å². The van der Waals surface area contributed by atoms with Crippen molar-refractivity contribution in [3.05, 3.63) is 69.7 Å². The van der Waals surface area contributed by atoms with Crippen LogP contribution in [-0.4, -0.2) is 5.11 Å². The summed E-state index contributed by atoms with van der Waals surface area (Å²) >= 11 is 9.61. The Morgan fingerprint density at radius 2 is 1.71 bits per heavy atom. The molecule has 0 amide bonds. The van der Waals surface area contributed by atoms with Crippen molar-refractivity contribution in [3.8, 4) is 11.5 Å². The molecule has 0 aromatic heterocycles. The van der Waals surface area contributed by atoms with Gasteiger partial charge >= 0.3 is 0 Å². The standard InChI is InChI=1S/C17H12BrClO2/c18-14-4-2-13-9-15(5-3-12(13)8-14)21-17-6-1-11(10-20)7-16(17)19/h1-9,20H,10H2. The van der Waals surface area contributed by atoms with Gasteiger partial charge in [-0.15, -0.1) is 0 Å². The molecule has 21 heavy (non-hydrogen) atoms. The number of benzene rings is 3. The van der Waals surface area contributed by atoms with Gasteiger partial charge in [0.05, 0.1) is 11.6 Å². The van der Waals surface area contributed by atoms with Crippen LogP contribution in [-0.2, 0) is 6.61 Å². The van der Waals surface area contributed by atoms with Gasteiger partial charge in [0.15, 0.2) is 0 Å². The van der Waals surface area contributed by atoms with Crippen LogP contribution in [0.5, 0.6) is 11.5 Å². The van der Waals surface area contributed by atoms with Crippen LogP contribution in [0.25, 0.3) is 10.8 Å². The summed E-state index contributed by atoms with van der Waals surface area (Å²) in [6.07, 6.45) is 0.